The van der Waals surface area contributed by atoms with Gasteiger partial charge in [0.25, 0.3) is 0 Å². The van der Waals surface area contributed by atoms with E-state index < -0.39 is 0 Å². The van der Waals surface area contributed by atoms with Gasteiger partial charge in [-0.05, 0) is 43.6 Å². The lowest BCUT2D eigenvalue weighted by Crippen LogP contribution is -2.39. The molecule has 2 heterocycles. The van der Waals surface area contributed by atoms with E-state index >= 15 is 0 Å². The van der Waals surface area contributed by atoms with Crippen molar-refractivity contribution in [2.45, 2.75) is 19.3 Å². The average molecular weight is 377 g/mol. The number of hydrogen-bond acceptors (Lipinski definition) is 6. The van der Waals surface area contributed by atoms with Gasteiger partial charge in [-0.3, -0.25) is 4.79 Å². The largest absolute Gasteiger partial charge is 0.353 e. The molecule has 140 valence electrons. The molecule has 2 aromatic rings. The van der Waals surface area contributed by atoms with Crippen LogP contribution >= 0.6 is 11.5 Å². The summed E-state index contributed by atoms with van der Waals surface area (Å²) in [5, 5.41) is 3.67. The molecule has 0 unspecified atom stereocenters. The van der Waals surface area contributed by atoms with E-state index in [2.05, 4.69) is 19.6 Å². The number of carbonyl (C=O) groups is 1. The number of aromatic nitrogens is 2. The molecule has 8 heteroatoms. The van der Waals surface area contributed by atoms with E-state index in [4.69, 9.17) is 0 Å². The normalized spacial score (nSPS) is 14.5. The van der Waals surface area contributed by atoms with Crippen molar-refractivity contribution in [1.82, 2.24) is 19.6 Å². The van der Waals surface area contributed by atoms with Crippen molar-refractivity contribution in [3.63, 3.8) is 0 Å². The van der Waals surface area contributed by atoms with Crippen LogP contribution in [0.2, 0.25) is 0 Å². The molecule has 1 amide bonds. The first-order valence-corrected chi connectivity index (χ1v) is 9.65. The highest BCUT2D eigenvalue weighted by Gasteiger charge is 2.14. The molecule has 1 aliphatic rings. The summed E-state index contributed by atoms with van der Waals surface area (Å²) < 4.78 is 17.3. The highest BCUT2D eigenvalue weighted by molar-refractivity contribution is 7.09. The average Bonchev–Trinajstić information content (AvgIpc) is 3.29. The highest BCUT2D eigenvalue weighted by Crippen LogP contribution is 2.17. The Labute approximate surface area is 157 Å². The zero-order valence-corrected chi connectivity index (χ0v) is 15.8. The number of likely N-dealkylation sites (tertiary alicyclic amines) is 1. The maximum absolute atomic E-state index is 13.0. The van der Waals surface area contributed by atoms with Crippen LogP contribution in [0.15, 0.2) is 24.3 Å². The molecule has 26 heavy (non-hydrogen) atoms. The zero-order chi connectivity index (χ0) is 18.4. The fourth-order valence-electron chi connectivity index (χ4n) is 2.96. The second kappa shape index (κ2) is 9.05. The predicted octanol–water partition coefficient (Wildman–Crippen LogP) is 1.92. The number of anilines is 1. The van der Waals surface area contributed by atoms with Crippen LogP contribution in [0.5, 0.6) is 0 Å². The number of benzene rings is 1. The van der Waals surface area contributed by atoms with Gasteiger partial charge in [0.1, 0.15) is 11.6 Å². The SMILES string of the molecule is CN(CC(=O)NCCN1CCCC1)c1nc(Cc2ccc(F)cc2)ns1. The van der Waals surface area contributed by atoms with Gasteiger partial charge in [0, 0.05) is 38.1 Å². The summed E-state index contributed by atoms with van der Waals surface area (Å²) in [5.74, 6) is 0.413. The molecule has 0 spiro atoms. The molecule has 3 rings (SSSR count). The predicted molar refractivity (Wildman–Crippen MR) is 101 cm³/mol. The monoisotopic (exact) mass is 377 g/mol. The minimum Gasteiger partial charge on any atom is -0.353 e. The Kier molecular flexibility index (Phi) is 6.51. The number of nitrogens with one attached hydrogen (secondary N) is 1. The molecule has 0 saturated carbocycles. The summed E-state index contributed by atoms with van der Waals surface area (Å²) in [5.41, 5.74) is 0.957. The number of halogens is 1. The van der Waals surface area contributed by atoms with Crippen molar-refractivity contribution in [3.05, 3.63) is 41.5 Å². The van der Waals surface area contributed by atoms with Crippen molar-refractivity contribution < 1.29 is 9.18 Å². The topological polar surface area (TPSA) is 61.4 Å². The lowest BCUT2D eigenvalue weighted by atomic mass is 10.1. The number of likely N-dealkylation sites (N-methyl/N-ethyl adjacent to an activating group) is 1. The highest BCUT2D eigenvalue weighted by atomic mass is 32.1. The molecule has 1 saturated heterocycles. The van der Waals surface area contributed by atoms with Gasteiger partial charge in [-0.15, -0.1) is 0 Å². The van der Waals surface area contributed by atoms with E-state index in [0.29, 0.717) is 23.9 Å². The third-order valence-corrected chi connectivity index (χ3v) is 5.26. The molecule has 6 nitrogen and oxygen atoms in total. The van der Waals surface area contributed by atoms with Crippen molar-refractivity contribution in [2.75, 3.05) is 44.7 Å². The molecule has 1 fully saturated rings. The van der Waals surface area contributed by atoms with Gasteiger partial charge in [0.2, 0.25) is 11.0 Å². The Bertz CT molecular complexity index is 715. The first-order chi connectivity index (χ1) is 12.6. The minimum absolute atomic E-state index is 0.0121. The fraction of sp³-hybridized carbons (Fsp3) is 0.500. The molecular weight excluding hydrogens is 353 g/mol. The minimum atomic E-state index is -0.254. The maximum atomic E-state index is 13.0. The first-order valence-electron chi connectivity index (χ1n) is 8.87. The first kappa shape index (κ1) is 18.7. The second-order valence-corrected chi connectivity index (χ2v) is 7.28. The number of hydrogen-bond donors (Lipinski definition) is 1. The maximum Gasteiger partial charge on any atom is 0.239 e. The van der Waals surface area contributed by atoms with Gasteiger partial charge in [-0.25, -0.2) is 9.37 Å². The number of rotatable bonds is 8. The van der Waals surface area contributed by atoms with Crippen molar-refractivity contribution in [2.24, 2.45) is 0 Å². The third-order valence-electron chi connectivity index (χ3n) is 4.39. The summed E-state index contributed by atoms with van der Waals surface area (Å²) in [6.07, 6.45) is 3.06. The summed E-state index contributed by atoms with van der Waals surface area (Å²) in [7, 11) is 1.84. The van der Waals surface area contributed by atoms with E-state index in [1.807, 2.05) is 7.05 Å². The van der Waals surface area contributed by atoms with Crippen molar-refractivity contribution >= 4 is 22.6 Å². The van der Waals surface area contributed by atoms with Crippen LogP contribution < -0.4 is 10.2 Å². The summed E-state index contributed by atoms with van der Waals surface area (Å²) in [6, 6.07) is 6.32. The Morgan fingerprint density at radius 1 is 1.31 bits per heavy atom. The molecule has 1 N–H and O–H groups in total. The van der Waals surface area contributed by atoms with Crippen LogP contribution in [0.4, 0.5) is 9.52 Å². The van der Waals surface area contributed by atoms with Gasteiger partial charge < -0.3 is 15.1 Å². The second-order valence-electron chi connectivity index (χ2n) is 6.55. The summed E-state index contributed by atoms with van der Waals surface area (Å²) in [4.78, 5) is 20.7. The van der Waals surface area contributed by atoms with Gasteiger partial charge in [0.05, 0.1) is 6.54 Å². The number of amides is 1. The Balaban J connectivity index is 1.43. The fourth-order valence-corrected chi connectivity index (χ4v) is 3.60. The van der Waals surface area contributed by atoms with Crippen LogP contribution in [0.1, 0.15) is 24.2 Å². The van der Waals surface area contributed by atoms with E-state index in [-0.39, 0.29) is 18.3 Å². The van der Waals surface area contributed by atoms with E-state index in [9.17, 15) is 9.18 Å². The van der Waals surface area contributed by atoms with E-state index in [0.717, 1.165) is 25.2 Å². The van der Waals surface area contributed by atoms with E-state index in [1.54, 1.807) is 17.0 Å². The lowest BCUT2D eigenvalue weighted by Gasteiger charge is -2.17. The standard InChI is InChI=1S/C18H24FN5OS/c1-23(13-17(25)20-8-11-24-9-2-3-10-24)18-21-16(22-26-18)12-14-4-6-15(19)7-5-14/h4-7H,2-3,8-13H2,1H3,(H,20,25). The molecule has 1 aliphatic heterocycles. The number of carbonyl (C=O) groups excluding carboxylic acids is 1. The molecule has 0 bridgehead atoms. The lowest BCUT2D eigenvalue weighted by molar-refractivity contribution is -0.119. The van der Waals surface area contributed by atoms with Gasteiger partial charge in [-0.1, -0.05) is 12.1 Å². The van der Waals surface area contributed by atoms with Crippen LogP contribution in [0.3, 0.4) is 0 Å². The van der Waals surface area contributed by atoms with Gasteiger partial charge in [-0.2, -0.15) is 4.37 Å². The van der Waals surface area contributed by atoms with Crippen LogP contribution in [0, 0.1) is 5.82 Å². The molecule has 0 aliphatic carbocycles. The molecule has 1 aromatic heterocycles. The molecular formula is C18H24FN5OS. The molecule has 1 aromatic carbocycles. The summed E-state index contributed by atoms with van der Waals surface area (Å²) >= 11 is 1.27. The van der Waals surface area contributed by atoms with Crippen LogP contribution in [0.25, 0.3) is 0 Å². The Morgan fingerprint density at radius 2 is 2.04 bits per heavy atom. The van der Waals surface area contributed by atoms with Crippen molar-refractivity contribution in [3.8, 4) is 0 Å². The van der Waals surface area contributed by atoms with Crippen LogP contribution in [-0.4, -0.2) is 59.9 Å². The summed E-state index contributed by atoms with van der Waals surface area (Å²) in [6.45, 7) is 4.12. The number of nitrogens with zero attached hydrogens (tertiary/aromatic N) is 4. The molecule has 0 atom stereocenters. The zero-order valence-electron chi connectivity index (χ0n) is 14.9. The van der Waals surface area contributed by atoms with Gasteiger partial charge in [0.15, 0.2) is 0 Å². The van der Waals surface area contributed by atoms with E-state index in [1.165, 1.54) is 36.5 Å². The molecule has 0 radical (unpaired) electrons. The Hall–Kier alpha value is -2.06. The quantitative estimate of drug-likeness (QED) is 0.762. The third kappa shape index (κ3) is 5.47. The van der Waals surface area contributed by atoms with Gasteiger partial charge >= 0.3 is 0 Å². The van der Waals surface area contributed by atoms with Crippen molar-refractivity contribution in [1.29, 1.82) is 0 Å². The smallest absolute Gasteiger partial charge is 0.239 e. The Morgan fingerprint density at radius 3 is 2.77 bits per heavy atom. The van der Waals surface area contributed by atoms with Crippen LogP contribution in [-0.2, 0) is 11.2 Å².